The second kappa shape index (κ2) is 4.85. The molecule has 0 saturated heterocycles. The van der Waals surface area contributed by atoms with E-state index >= 15 is 0 Å². The van der Waals surface area contributed by atoms with E-state index in [2.05, 4.69) is 0 Å². The lowest BCUT2D eigenvalue weighted by Crippen LogP contribution is -2.02. The number of hydrogen-bond acceptors (Lipinski definition) is 3. The van der Waals surface area contributed by atoms with Crippen LogP contribution in [0.2, 0.25) is 0 Å². The lowest BCUT2D eigenvalue weighted by Gasteiger charge is -2.12. The van der Waals surface area contributed by atoms with Gasteiger partial charge in [-0.2, -0.15) is 0 Å². The van der Waals surface area contributed by atoms with Gasteiger partial charge in [-0.3, -0.25) is 0 Å². The van der Waals surface area contributed by atoms with Crippen molar-refractivity contribution in [1.29, 1.82) is 0 Å². The number of aryl methyl sites for hydroxylation is 1. The average molecular weight is 252 g/mol. The van der Waals surface area contributed by atoms with Gasteiger partial charge in [0.2, 0.25) is 0 Å². The molecule has 2 rings (SSSR count). The van der Waals surface area contributed by atoms with Gasteiger partial charge >= 0.3 is 0 Å². The Morgan fingerprint density at radius 1 is 1.35 bits per heavy atom. The van der Waals surface area contributed by atoms with E-state index in [4.69, 9.17) is 4.74 Å². The number of methoxy groups -OCH3 is 1. The zero-order chi connectivity index (χ0) is 12.4. The van der Waals surface area contributed by atoms with E-state index in [1.165, 1.54) is 24.5 Å². The fourth-order valence-corrected chi connectivity index (χ4v) is 2.59. The quantitative estimate of drug-likeness (QED) is 0.908. The second-order valence-corrected chi connectivity index (χ2v) is 4.71. The van der Waals surface area contributed by atoms with Gasteiger partial charge in [0.15, 0.2) is 0 Å². The first kappa shape index (κ1) is 12.1. The van der Waals surface area contributed by atoms with E-state index in [1.807, 2.05) is 18.4 Å². The van der Waals surface area contributed by atoms with Crippen LogP contribution < -0.4 is 4.74 Å². The van der Waals surface area contributed by atoms with E-state index in [0.717, 1.165) is 10.4 Å². The summed E-state index contributed by atoms with van der Waals surface area (Å²) in [4.78, 5) is 0.772. The van der Waals surface area contributed by atoms with Crippen LogP contribution in [-0.2, 0) is 0 Å². The van der Waals surface area contributed by atoms with Gasteiger partial charge in [0, 0.05) is 16.5 Å². The zero-order valence-corrected chi connectivity index (χ0v) is 10.4. The molecule has 90 valence electrons. The van der Waals surface area contributed by atoms with E-state index in [0.29, 0.717) is 5.75 Å². The number of thiophene rings is 1. The second-order valence-electron chi connectivity index (χ2n) is 3.76. The van der Waals surface area contributed by atoms with E-state index in [1.54, 1.807) is 12.1 Å². The Morgan fingerprint density at radius 2 is 2.12 bits per heavy atom. The Labute approximate surface area is 103 Å². The van der Waals surface area contributed by atoms with Crippen molar-refractivity contribution in [3.05, 3.63) is 51.5 Å². The molecule has 0 aliphatic heterocycles. The van der Waals surface area contributed by atoms with Crippen molar-refractivity contribution < 1.29 is 14.2 Å². The number of ether oxygens (including phenoxy) is 1. The van der Waals surface area contributed by atoms with Crippen molar-refractivity contribution in [2.75, 3.05) is 7.11 Å². The van der Waals surface area contributed by atoms with E-state index in [9.17, 15) is 9.50 Å². The third kappa shape index (κ3) is 2.33. The van der Waals surface area contributed by atoms with Crippen LogP contribution in [0.1, 0.15) is 22.1 Å². The molecule has 4 heteroatoms. The molecule has 17 heavy (non-hydrogen) atoms. The van der Waals surface area contributed by atoms with Crippen LogP contribution >= 0.6 is 11.3 Å². The fraction of sp³-hybridized carbons (Fsp3) is 0.231. The minimum absolute atomic E-state index is 0.274. The highest BCUT2D eigenvalue weighted by molar-refractivity contribution is 7.10. The molecule has 1 N–H and O–H groups in total. The highest BCUT2D eigenvalue weighted by atomic mass is 32.1. The van der Waals surface area contributed by atoms with Crippen LogP contribution in [0.3, 0.4) is 0 Å². The molecule has 1 heterocycles. The first-order valence-electron chi connectivity index (χ1n) is 5.19. The summed E-state index contributed by atoms with van der Waals surface area (Å²) in [6.45, 7) is 1.90. The Hall–Kier alpha value is -1.39. The van der Waals surface area contributed by atoms with Crippen molar-refractivity contribution in [2.45, 2.75) is 13.0 Å². The number of benzene rings is 1. The molecule has 0 aliphatic carbocycles. The summed E-state index contributed by atoms with van der Waals surface area (Å²) in [6, 6.07) is 6.38. The van der Waals surface area contributed by atoms with Crippen LogP contribution in [0.15, 0.2) is 29.6 Å². The zero-order valence-electron chi connectivity index (χ0n) is 9.61. The average Bonchev–Trinajstić information content (AvgIpc) is 2.74. The molecule has 1 atom stereocenters. The number of aliphatic hydroxyl groups is 1. The smallest absolute Gasteiger partial charge is 0.133 e. The van der Waals surface area contributed by atoms with Gasteiger partial charge in [0.1, 0.15) is 17.7 Å². The lowest BCUT2D eigenvalue weighted by molar-refractivity contribution is 0.218. The fourth-order valence-electron chi connectivity index (χ4n) is 1.66. The molecule has 1 aromatic heterocycles. The summed E-state index contributed by atoms with van der Waals surface area (Å²) in [6.07, 6.45) is -0.916. The predicted octanol–water partition coefficient (Wildman–Crippen LogP) is 3.29. The van der Waals surface area contributed by atoms with Crippen molar-refractivity contribution in [1.82, 2.24) is 0 Å². The maximum absolute atomic E-state index is 13.8. The molecule has 0 fully saturated rings. The first-order valence-corrected chi connectivity index (χ1v) is 6.07. The van der Waals surface area contributed by atoms with Gasteiger partial charge in [-0.15, -0.1) is 11.3 Å². The SMILES string of the molecule is COc1ccc(C(O)c2sccc2C)c(F)c1. The minimum Gasteiger partial charge on any atom is -0.497 e. The summed E-state index contributed by atoms with van der Waals surface area (Å²) >= 11 is 1.42. The number of hydrogen-bond donors (Lipinski definition) is 1. The molecule has 1 aromatic carbocycles. The van der Waals surface area contributed by atoms with Crippen molar-refractivity contribution in [3.63, 3.8) is 0 Å². The highest BCUT2D eigenvalue weighted by Crippen LogP contribution is 2.31. The van der Waals surface area contributed by atoms with Gasteiger partial charge in [0.05, 0.1) is 7.11 Å². The Balaban J connectivity index is 2.38. The van der Waals surface area contributed by atoms with Crippen LogP contribution in [0.5, 0.6) is 5.75 Å². The van der Waals surface area contributed by atoms with Gasteiger partial charge in [-0.25, -0.2) is 4.39 Å². The summed E-state index contributed by atoms with van der Waals surface area (Å²) in [5, 5.41) is 12.0. The maximum atomic E-state index is 13.8. The molecule has 1 unspecified atom stereocenters. The summed E-state index contributed by atoms with van der Waals surface area (Å²) < 4.78 is 18.7. The van der Waals surface area contributed by atoms with Crippen LogP contribution in [0, 0.1) is 12.7 Å². The summed E-state index contributed by atoms with van der Waals surface area (Å²) in [5.74, 6) is -0.00833. The van der Waals surface area contributed by atoms with Crippen LogP contribution in [-0.4, -0.2) is 12.2 Å². The van der Waals surface area contributed by atoms with E-state index < -0.39 is 11.9 Å². The first-order chi connectivity index (χ1) is 8.13. The van der Waals surface area contributed by atoms with Crippen molar-refractivity contribution in [3.8, 4) is 5.75 Å². The monoisotopic (exact) mass is 252 g/mol. The third-order valence-corrected chi connectivity index (χ3v) is 3.72. The summed E-state index contributed by atoms with van der Waals surface area (Å²) in [7, 11) is 1.48. The molecular formula is C13H13FO2S. The molecular weight excluding hydrogens is 239 g/mol. The van der Waals surface area contributed by atoms with E-state index in [-0.39, 0.29) is 5.56 Å². The maximum Gasteiger partial charge on any atom is 0.133 e. The molecule has 0 amide bonds. The topological polar surface area (TPSA) is 29.5 Å². The largest absolute Gasteiger partial charge is 0.497 e. The summed E-state index contributed by atoms with van der Waals surface area (Å²) in [5.41, 5.74) is 1.24. The number of halogens is 1. The molecule has 0 spiro atoms. The Bertz CT molecular complexity index is 522. The minimum atomic E-state index is -0.916. The molecule has 0 saturated carbocycles. The highest BCUT2D eigenvalue weighted by Gasteiger charge is 2.18. The molecule has 0 aliphatic rings. The van der Waals surface area contributed by atoms with Gasteiger partial charge in [-0.1, -0.05) is 0 Å². The lowest BCUT2D eigenvalue weighted by atomic mass is 10.1. The standard InChI is InChI=1S/C13H13FO2S/c1-8-5-6-17-13(8)12(15)10-4-3-9(16-2)7-11(10)14/h3-7,12,15H,1-2H3. The van der Waals surface area contributed by atoms with Gasteiger partial charge in [0.25, 0.3) is 0 Å². The molecule has 2 aromatic rings. The molecule has 2 nitrogen and oxygen atoms in total. The predicted molar refractivity (Wildman–Crippen MR) is 66.1 cm³/mol. The number of rotatable bonds is 3. The molecule has 0 radical (unpaired) electrons. The Kier molecular flexibility index (Phi) is 3.45. The Morgan fingerprint density at radius 3 is 2.65 bits per heavy atom. The van der Waals surface area contributed by atoms with Crippen LogP contribution in [0.4, 0.5) is 4.39 Å². The number of aliphatic hydroxyl groups excluding tert-OH is 1. The normalized spacial score (nSPS) is 12.5. The molecule has 0 bridgehead atoms. The van der Waals surface area contributed by atoms with Gasteiger partial charge < -0.3 is 9.84 Å². The van der Waals surface area contributed by atoms with Crippen molar-refractivity contribution in [2.24, 2.45) is 0 Å². The van der Waals surface area contributed by atoms with Gasteiger partial charge in [-0.05, 0) is 36.1 Å². The van der Waals surface area contributed by atoms with Crippen molar-refractivity contribution >= 4 is 11.3 Å². The van der Waals surface area contributed by atoms with Crippen LogP contribution in [0.25, 0.3) is 0 Å². The third-order valence-electron chi connectivity index (χ3n) is 2.65.